The van der Waals surface area contributed by atoms with Crippen LogP contribution in [-0.2, 0) is 6.42 Å². The number of hydrogen-bond donors (Lipinski definition) is 2. The van der Waals surface area contributed by atoms with Gasteiger partial charge in [-0.2, -0.15) is 0 Å². The van der Waals surface area contributed by atoms with Gasteiger partial charge in [-0.25, -0.2) is 15.0 Å². The number of aromatic nitrogens is 4. The number of ether oxygens (including phenoxy) is 2. The molecule has 0 unspecified atom stereocenters. The van der Waals surface area contributed by atoms with Crippen LogP contribution in [0.5, 0.6) is 11.5 Å². The first-order valence-corrected chi connectivity index (χ1v) is 9.88. The van der Waals surface area contributed by atoms with Crippen molar-refractivity contribution in [3.8, 4) is 22.8 Å². The molecule has 0 radical (unpaired) electrons. The second kappa shape index (κ2) is 8.43. The molecule has 4 rings (SSSR count). The number of hydrogen-bond acceptors (Lipinski definition) is 7. The Labute approximate surface area is 179 Å². The average molecular weight is 417 g/mol. The van der Waals surface area contributed by atoms with Gasteiger partial charge >= 0.3 is 0 Å². The molecule has 0 spiro atoms. The van der Waals surface area contributed by atoms with Crippen molar-refractivity contribution in [1.29, 1.82) is 0 Å². The zero-order valence-corrected chi connectivity index (χ0v) is 17.8. The molecule has 0 amide bonds. The molecule has 0 bridgehead atoms. The summed E-state index contributed by atoms with van der Waals surface area (Å²) < 4.78 is 10.6. The number of aromatic amines is 1. The molecule has 0 aliphatic heterocycles. The van der Waals surface area contributed by atoms with E-state index < -0.39 is 0 Å². The maximum absolute atomic E-state index is 12.3. The number of anilines is 2. The van der Waals surface area contributed by atoms with Crippen molar-refractivity contribution >= 4 is 22.8 Å². The number of nitrogens with zero attached hydrogens (tertiary/aromatic N) is 3. The number of rotatable bonds is 6. The van der Waals surface area contributed by atoms with E-state index in [0.717, 1.165) is 28.6 Å². The minimum Gasteiger partial charge on any atom is -0.493 e. The third-order valence-corrected chi connectivity index (χ3v) is 5.01. The Bertz CT molecular complexity index is 1320. The lowest BCUT2D eigenvalue weighted by molar-refractivity contribution is 0.355. The Hall–Kier alpha value is -3.94. The highest BCUT2D eigenvalue weighted by Crippen LogP contribution is 2.31. The molecule has 8 nitrogen and oxygen atoms in total. The van der Waals surface area contributed by atoms with Gasteiger partial charge in [0.25, 0.3) is 5.56 Å². The molecule has 2 N–H and O–H groups in total. The highest BCUT2D eigenvalue weighted by Gasteiger charge is 2.11. The Kier molecular flexibility index (Phi) is 5.53. The molecule has 158 valence electrons. The summed E-state index contributed by atoms with van der Waals surface area (Å²) in [6, 6.07) is 12.9. The number of nitrogens with one attached hydrogen (secondary N) is 2. The van der Waals surface area contributed by atoms with Gasteiger partial charge in [-0.15, -0.1) is 0 Å². The van der Waals surface area contributed by atoms with Crippen molar-refractivity contribution in [3.63, 3.8) is 0 Å². The normalized spacial score (nSPS) is 10.8. The smallest absolute Gasteiger partial charge is 0.252 e. The monoisotopic (exact) mass is 417 g/mol. The lowest BCUT2D eigenvalue weighted by atomic mass is 10.1. The van der Waals surface area contributed by atoms with E-state index in [1.54, 1.807) is 26.4 Å². The Morgan fingerprint density at radius 3 is 2.52 bits per heavy atom. The number of H-pyrrole nitrogens is 1. The third-order valence-electron chi connectivity index (χ3n) is 5.01. The fourth-order valence-electron chi connectivity index (χ4n) is 3.37. The maximum Gasteiger partial charge on any atom is 0.252 e. The fourth-order valence-corrected chi connectivity index (χ4v) is 3.37. The van der Waals surface area contributed by atoms with Crippen molar-refractivity contribution < 1.29 is 9.47 Å². The van der Waals surface area contributed by atoms with Crippen LogP contribution in [0.15, 0.2) is 47.3 Å². The van der Waals surface area contributed by atoms with E-state index in [4.69, 9.17) is 9.47 Å². The van der Waals surface area contributed by atoms with Crippen LogP contribution in [0.4, 0.5) is 11.9 Å². The molecule has 0 fully saturated rings. The molecular formula is C23H23N5O3. The molecule has 0 aliphatic rings. The highest BCUT2D eigenvalue weighted by molar-refractivity contribution is 5.82. The van der Waals surface area contributed by atoms with Gasteiger partial charge in [-0.05, 0) is 49.2 Å². The van der Waals surface area contributed by atoms with E-state index in [1.807, 2.05) is 19.1 Å². The Balaban J connectivity index is 1.70. The predicted molar refractivity (Wildman–Crippen MR) is 120 cm³/mol. The van der Waals surface area contributed by atoms with E-state index in [-0.39, 0.29) is 11.5 Å². The second-order valence-corrected chi connectivity index (χ2v) is 7.01. The molecule has 8 heteroatoms. The van der Waals surface area contributed by atoms with E-state index in [2.05, 4.69) is 44.3 Å². The first-order chi connectivity index (χ1) is 15.0. The molecule has 4 aromatic rings. The standard InChI is InChI=1S/C23H23N5O3/c1-5-14-6-8-17-16(10-14)13(2)24-22(25-17)28-23-26-18(12-21(29)27-23)15-7-9-19(30-3)20(11-15)31-4/h6-12H,5H2,1-4H3,(H2,24,25,26,27,28,29). The predicted octanol–water partition coefficient (Wildman–Crippen LogP) is 4.01. The van der Waals surface area contributed by atoms with Crippen LogP contribution in [0.2, 0.25) is 0 Å². The molecular weight excluding hydrogens is 394 g/mol. The SMILES string of the molecule is CCc1ccc2nc(Nc3nc(-c4ccc(OC)c(OC)c4)cc(=O)[nH]3)nc(C)c2c1. The van der Waals surface area contributed by atoms with Gasteiger partial charge in [0.1, 0.15) is 0 Å². The van der Waals surface area contributed by atoms with Crippen molar-refractivity contribution in [3.05, 3.63) is 64.1 Å². The molecule has 2 aromatic carbocycles. The van der Waals surface area contributed by atoms with Gasteiger partial charge in [-0.1, -0.05) is 13.0 Å². The molecule has 2 heterocycles. The van der Waals surface area contributed by atoms with E-state index in [1.165, 1.54) is 11.6 Å². The highest BCUT2D eigenvalue weighted by atomic mass is 16.5. The summed E-state index contributed by atoms with van der Waals surface area (Å²) in [5, 5.41) is 4.03. The van der Waals surface area contributed by atoms with Crippen LogP contribution < -0.4 is 20.3 Å². The summed E-state index contributed by atoms with van der Waals surface area (Å²) in [5.41, 5.74) is 3.81. The first kappa shape index (κ1) is 20.3. The molecule has 0 saturated carbocycles. The molecule has 2 aromatic heterocycles. The zero-order valence-electron chi connectivity index (χ0n) is 17.8. The van der Waals surface area contributed by atoms with Gasteiger partial charge in [-0.3, -0.25) is 15.1 Å². The second-order valence-electron chi connectivity index (χ2n) is 7.01. The lowest BCUT2D eigenvalue weighted by Crippen LogP contribution is -2.12. The van der Waals surface area contributed by atoms with Crippen molar-refractivity contribution in [2.45, 2.75) is 20.3 Å². The van der Waals surface area contributed by atoms with Gasteiger partial charge in [0.15, 0.2) is 11.5 Å². The summed E-state index contributed by atoms with van der Waals surface area (Å²) >= 11 is 0. The number of methoxy groups -OCH3 is 2. The molecule has 0 atom stereocenters. The zero-order chi connectivity index (χ0) is 22.0. The summed E-state index contributed by atoms with van der Waals surface area (Å²) in [5.74, 6) is 1.76. The Morgan fingerprint density at radius 1 is 0.968 bits per heavy atom. The van der Waals surface area contributed by atoms with Crippen molar-refractivity contribution in [1.82, 2.24) is 19.9 Å². The van der Waals surface area contributed by atoms with Gasteiger partial charge in [0.05, 0.1) is 31.1 Å². The van der Waals surface area contributed by atoms with Crippen LogP contribution in [0, 0.1) is 6.92 Å². The average Bonchev–Trinajstić information content (AvgIpc) is 2.78. The van der Waals surface area contributed by atoms with Crippen LogP contribution >= 0.6 is 0 Å². The number of benzene rings is 2. The van der Waals surface area contributed by atoms with E-state index in [0.29, 0.717) is 23.1 Å². The first-order valence-electron chi connectivity index (χ1n) is 9.88. The maximum atomic E-state index is 12.3. The number of aryl methyl sites for hydroxylation is 2. The summed E-state index contributed by atoms with van der Waals surface area (Å²) in [6.07, 6.45) is 0.948. The largest absolute Gasteiger partial charge is 0.493 e. The lowest BCUT2D eigenvalue weighted by Gasteiger charge is -2.11. The summed E-state index contributed by atoms with van der Waals surface area (Å²) in [6.45, 7) is 4.05. The van der Waals surface area contributed by atoms with Crippen LogP contribution in [0.25, 0.3) is 22.2 Å². The minimum absolute atomic E-state index is 0.251. The van der Waals surface area contributed by atoms with Gasteiger partial charge < -0.3 is 9.47 Å². The fraction of sp³-hybridized carbons (Fsp3) is 0.217. The van der Waals surface area contributed by atoms with Crippen molar-refractivity contribution in [2.75, 3.05) is 19.5 Å². The topological polar surface area (TPSA) is 102 Å². The van der Waals surface area contributed by atoms with Crippen LogP contribution in [0.1, 0.15) is 18.2 Å². The van der Waals surface area contributed by atoms with Crippen molar-refractivity contribution in [2.24, 2.45) is 0 Å². The van der Waals surface area contributed by atoms with Crippen LogP contribution in [0.3, 0.4) is 0 Å². The van der Waals surface area contributed by atoms with Gasteiger partial charge in [0, 0.05) is 17.0 Å². The quantitative estimate of drug-likeness (QED) is 0.489. The van der Waals surface area contributed by atoms with Gasteiger partial charge in [0.2, 0.25) is 11.9 Å². The van der Waals surface area contributed by atoms with E-state index in [9.17, 15) is 4.79 Å². The number of fused-ring (bicyclic) bond motifs is 1. The summed E-state index contributed by atoms with van der Waals surface area (Å²) in [7, 11) is 3.13. The third kappa shape index (κ3) is 4.18. The molecule has 31 heavy (non-hydrogen) atoms. The Morgan fingerprint density at radius 2 is 1.77 bits per heavy atom. The van der Waals surface area contributed by atoms with E-state index >= 15 is 0 Å². The minimum atomic E-state index is -0.299. The molecule has 0 aliphatic carbocycles. The summed E-state index contributed by atoms with van der Waals surface area (Å²) in [4.78, 5) is 28.6. The molecule has 0 saturated heterocycles. The van der Waals surface area contributed by atoms with Crippen LogP contribution in [-0.4, -0.2) is 34.2 Å².